The lowest BCUT2D eigenvalue weighted by molar-refractivity contribution is 0.206. The quantitative estimate of drug-likeness (QED) is 0.919. The molecule has 0 saturated heterocycles. The minimum absolute atomic E-state index is 0.176. The molecule has 0 bridgehead atoms. The minimum atomic E-state index is 0.176. The third-order valence-corrected chi connectivity index (χ3v) is 3.72. The number of aromatic nitrogens is 2. The summed E-state index contributed by atoms with van der Waals surface area (Å²) >= 11 is 0. The predicted molar refractivity (Wildman–Crippen MR) is 73.3 cm³/mol. The Balaban J connectivity index is 1.99. The normalized spacial score (nSPS) is 18.1. The van der Waals surface area contributed by atoms with Gasteiger partial charge in [0.25, 0.3) is 0 Å². The number of hydrogen-bond acceptors (Lipinski definition) is 3. The zero-order valence-electron chi connectivity index (χ0n) is 11.0. The molecule has 19 heavy (non-hydrogen) atoms. The lowest BCUT2D eigenvalue weighted by Crippen LogP contribution is -2.20. The summed E-state index contributed by atoms with van der Waals surface area (Å²) in [6.45, 7) is 0.181. The van der Waals surface area contributed by atoms with Crippen LogP contribution in [0.3, 0.4) is 0 Å². The van der Waals surface area contributed by atoms with Gasteiger partial charge in [0.1, 0.15) is 11.6 Å². The Bertz CT molecular complexity index is 577. The molecule has 0 amide bonds. The summed E-state index contributed by atoms with van der Waals surface area (Å²) in [6.07, 6.45) is 5.15. The van der Waals surface area contributed by atoms with E-state index in [9.17, 15) is 5.11 Å². The van der Waals surface area contributed by atoms with Crippen LogP contribution in [-0.4, -0.2) is 28.4 Å². The summed E-state index contributed by atoms with van der Waals surface area (Å²) in [5, 5.41) is 9.43. The van der Waals surface area contributed by atoms with Crippen LogP contribution in [0.2, 0.25) is 0 Å². The van der Waals surface area contributed by atoms with E-state index in [0.717, 1.165) is 42.1 Å². The molecule has 1 N–H and O–H groups in total. The Hall–Kier alpha value is -1.81. The Morgan fingerprint density at radius 2 is 2.37 bits per heavy atom. The zero-order valence-corrected chi connectivity index (χ0v) is 11.0. The topological polar surface area (TPSA) is 47.3 Å². The first-order valence-electron chi connectivity index (χ1n) is 6.65. The van der Waals surface area contributed by atoms with Gasteiger partial charge in [0.05, 0.1) is 25.5 Å². The van der Waals surface area contributed by atoms with Crippen molar-refractivity contribution in [3.8, 4) is 17.0 Å². The fourth-order valence-electron chi connectivity index (χ4n) is 2.67. The highest BCUT2D eigenvalue weighted by atomic mass is 16.5. The van der Waals surface area contributed by atoms with Crippen LogP contribution >= 0.6 is 0 Å². The molecule has 2 heterocycles. The summed E-state index contributed by atoms with van der Waals surface area (Å²) in [7, 11) is 1.67. The first-order chi connectivity index (χ1) is 9.31. The van der Waals surface area contributed by atoms with Gasteiger partial charge in [-0.25, -0.2) is 4.98 Å². The third-order valence-electron chi connectivity index (χ3n) is 3.72. The highest BCUT2D eigenvalue weighted by Crippen LogP contribution is 2.29. The molecule has 0 aliphatic carbocycles. The Morgan fingerprint density at radius 3 is 3.16 bits per heavy atom. The smallest absolute Gasteiger partial charge is 0.119 e. The van der Waals surface area contributed by atoms with Gasteiger partial charge in [0, 0.05) is 18.2 Å². The fourth-order valence-corrected chi connectivity index (χ4v) is 2.67. The van der Waals surface area contributed by atoms with E-state index >= 15 is 0 Å². The van der Waals surface area contributed by atoms with Crippen LogP contribution in [0.1, 0.15) is 24.7 Å². The summed E-state index contributed by atoms with van der Waals surface area (Å²) in [4.78, 5) is 4.69. The summed E-state index contributed by atoms with van der Waals surface area (Å²) in [5.74, 6) is 1.91. The maximum Gasteiger partial charge on any atom is 0.119 e. The highest BCUT2D eigenvalue weighted by molar-refractivity contribution is 5.61. The second-order valence-electron chi connectivity index (χ2n) is 4.91. The van der Waals surface area contributed by atoms with Crippen molar-refractivity contribution in [3.05, 3.63) is 36.3 Å². The second-order valence-corrected chi connectivity index (χ2v) is 4.91. The molecular formula is C15H18N2O2. The summed E-state index contributed by atoms with van der Waals surface area (Å²) in [6, 6.07) is 8.09. The highest BCUT2D eigenvalue weighted by Gasteiger charge is 2.21. The maximum atomic E-state index is 9.43. The van der Waals surface area contributed by atoms with Crippen molar-refractivity contribution in [1.29, 1.82) is 0 Å². The average Bonchev–Trinajstić information content (AvgIpc) is 2.91. The first-order valence-corrected chi connectivity index (χ1v) is 6.65. The van der Waals surface area contributed by atoms with Gasteiger partial charge < -0.3 is 14.4 Å². The van der Waals surface area contributed by atoms with E-state index in [0.29, 0.717) is 0 Å². The van der Waals surface area contributed by atoms with Crippen molar-refractivity contribution in [3.63, 3.8) is 0 Å². The number of hydrogen-bond donors (Lipinski definition) is 1. The lowest BCUT2D eigenvalue weighted by Gasteiger charge is -2.22. The Labute approximate surface area is 112 Å². The number of rotatable bonds is 3. The van der Waals surface area contributed by atoms with Crippen molar-refractivity contribution in [2.24, 2.45) is 0 Å². The number of aliphatic hydroxyl groups excluding tert-OH is 1. The molecule has 1 aliphatic heterocycles. The van der Waals surface area contributed by atoms with Crippen molar-refractivity contribution >= 4 is 0 Å². The molecule has 100 valence electrons. The molecule has 4 heteroatoms. The van der Waals surface area contributed by atoms with E-state index in [1.165, 1.54) is 0 Å². The van der Waals surface area contributed by atoms with E-state index < -0.39 is 0 Å². The van der Waals surface area contributed by atoms with E-state index in [1.54, 1.807) is 7.11 Å². The van der Waals surface area contributed by atoms with Crippen molar-refractivity contribution < 1.29 is 9.84 Å². The van der Waals surface area contributed by atoms with Gasteiger partial charge in [-0.15, -0.1) is 0 Å². The van der Waals surface area contributed by atoms with Gasteiger partial charge in [-0.05, 0) is 25.0 Å². The molecule has 1 aliphatic rings. The van der Waals surface area contributed by atoms with Gasteiger partial charge in [0.2, 0.25) is 0 Å². The summed E-state index contributed by atoms with van der Waals surface area (Å²) < 4.78 is 7.37. The number of nitrogens with zero attached hydrogens (tertiary/aromatic N) is 2. The SMILES string of the molecule is COc1cccc(-c2cn3c(n2)CCCC3CO)c1. The molecule has 4 nitrogen and oxygen atoms in total. The third kappa shape index (κ3) is 2.24. The molecular weight excluding hydrogens is 240 g/mol. The molecule has 0 fully saturated rings. The molecule has 0 spiro atoms. The number of aliphatic hydroxyl groups is 1. The zero-order chi connectivity index (χ0) is 13.2. The molecule has 1 aromatic heterocycles. The number of methoxy groups -OCH3 is 1. The Kier molecular flexibility index (Phi) is 3.25. The van der Waals surface area contributed by atoms with E-state index in [2.05, 4.69) is 4.57 Å². The monoisotopic (exact) mass is 258 g/mol. The van der Waals surface area contributed by atoms with Crippen LogP contribution in [0.15, 0.2) is 30.5 Å². The molecule has 2 aromatic rings. The fraction of sp³-hybridized carbons (Fsp3) is 0.400. The van der Waals surface area contributed by atoms with E-state index in [1.807, 2.05) is 30.5 Å². The van der Waals surface area contributed by atoms with Gasteiger partial charge >= 0.3 is 0 Å². The van der Waals surface area contributed by atoms with E-state index in [4.69, 9.17) is 9.72 Å². The molecule has 0 saturated carbocycles. The van der Waals surface area contributed by atoms with Crippen LogP contribution < -0.4 is 4.74 Å². The second kappa shape index (κ2) is 5.05. The molecule has 1 atom stereocenters. The van der Waals surface area contributed by atoms with Crippen LogP contribution in [0.5, 0.6) is 5.75 Å². The number of benzene rings is 1. The van der Waals surface area contributed by atoms with Crippen LogP contribution in [0.4, 0.5) is 0 Å². The van der Waals surface area contributed by atoms with Gasteiger partial charge in [-0.1, -0.05) is 12.1 Å². The van der Waals surface area contributed by atoms with E-state index in [-0.39, 0.29) is 12.6 Å². The van der Waals surface area contributed by atoms with Crippen molar-refractivity contribution in [2.75, 3.05) is 13.7 Å². The predicted octanol–water partition coefficient (Wildman–Crippen LogP) is 2.43. The first kappa shape index (κ1) is 12.2. The summed E-state index contributed by atoms with van der Waals surface area (Å²) in [5.41, 5.74) is 2.01. The Morgan fingerprint density at radius 1 is 1.47 bits per heavy atom. The lowest BCUT2D eigenvalue weighted by atomic mass is 10.1. The van der Waals surface area contributed by atoms with Crippen molar-refractivity contribution in [2.45, 2.75) is 25.3 Å². The van der Waals surface area contributed by atoms with Gasteiger partial charge in [-0.3, -0.25) is 0 Å². The standard InChI is InChI=1S/C15H18N2O2/c1-19-13-6-2-4-11(8-13)14-9-17-12(10-18)5-3-7-15(17)16-14/h2,4,6,8-9,12,18H,3,5,7,10H2,1H3. The molecule has 3 rings (SSSR count). The molecule has 1 unspecified atom stereocenters. The van der Waals surface area contributed by atoms with Gasteiger partial charge in [0.15, 0.2) is 0 Å². The van der Waals surface area contributed by atoms with Crippen LogP contribution in [0.25, 0.3) is 11.3 Å². The van der Waals surface area contributed by atoms with Gasteiger partial charge in [-0.2, -0.15) is 0 Å². The minimum Gasteiger partial charge on any atom is -0.497 e. The van der Waals surface area contributed by atoms with Crippen molar-refractivity contribution in [1.82, 2.24) is 9.55 Å². The van der Waals surface area contributed by atoms with Crippen LogP contribution in [-0.2, 0) is 6.42 Å². The average molecular weight is 258 g/mol. The molecule has 0 radical (unpaired) electrons. The number of ether oxygens (including phenoxy) is 1. The molecule has 1 aromatic carbocycles. The van der Waals surface area contributed by atoms with Crippen LogP contribution in [0, 0.1) is 0 Å². The largest absolute Gasteiger partial charge is 0.497 e. The number of fused-ring (bicyclic) bond motifs is 1. The number of aryl methyl sites for hydroxylation is 1. The number of imidazole rings is 1. The maximum absolute atomic E-state index is 9.43.